The topological polar surface area (TPSA) is 80.0 Å². The van der Waals surface area contributed by atoms with E-state index in [1.54, 1.807) is 0 Å². The number of hydrogen-bond acceptors (Lipinski definition) is 4. The lowest BCUT2D eigenvalue weighted by atomic mass is 10.1. The third kappa shape index (κ3) is 3.26. The number of aromatic nitrogens is 1. The summed E-state index contributed by atoms with van der Waals surface area (Å²) in [5.74, 6) is 5.29. The van der Waals surface area contributed by atoms with Gasteiger partial charge in [0.2, 0.25) is 0 Å². The second kappa shape index (κ2) is 6.36. The predicted octanol–water partition coefficient (Wildman–Crippen LogP) is 2.84. The molecule has 5 nitrogen and oxygen atoms in total. The number of carbonyl (C=O) groups is 1. The second-order valence-corrected chi connectivity index (χ2v) is 4.61. The number of pyridine rings is 1. The molecule has 0 fully saturated rings. The van der Waals surface area contributed by atoms with Crippen molar-refractivity contribution >= 4 is 29.0 Å². The molecule has 0 radical (unpaired) electrons. The average Bonchev–Trinajstić information content (AvgIpc) is 2.48. The molecule has 0 saturated heterocycles. The number of hydrazine groups is 1. The number of benzene rings is 1. The molecule has 0 aliphatic carbocycles. The standard InChI is InChI=1S/C14H15ClN4O/c1-2-9-3-5-11(6-4-9)18-14(20)10-7-12(15)13(19-16)17-8-10/h3-8H,2,16H2,1H3,(H,17,19)(H,18,20). The van der Waals surface area contributed by atoms with Gasteiger partial charge in [0.25, 0.3) is 5.91 Å². The number of nitrogens with one attached hydrogen (secondary N) is 2. The fourth-order valence-electron chi connectivity index (χ4n) is 1.70. The molecule has 0 aliphatic heterocycles. The van der Waals surface area contributed by atoms with Crippen molar-refractivity contribution in [3.05, 3.63) is 52.7 Å². The van der Waals surface area contributed by atoms with Crippen LogP contribution in [0, 0.1) is 0 Å². The Morgan fingerprint density at radius 1 is 1.35 bits per heavy atom. The van der Waals surface area contributed by atoms with Crippen LogP contribution < -0.4 is 16.6 Å². The van der Waals surface area contributed by atoms with Crippen molar-refractivity contribution in [3.63, 3.8) is 0 Å². The highest BCUT2D eigenvalue weighted by Crippen LogP contribution is 2.20. The lowest BCUT2D eigenvalue weighted by molar-refractivity contribution is 0.102. The molecule has 0 bridgehead atoms. The maximum absolute atomic E-state index is 12.1. The minimum Gasteiger partial charge on any atom is -0.322 e. The van der Waals surface area contributed by atoms with E-state index in [-0.39, 0.29) is 5.91 Å². The number of rotatable bonds is 4. The van der Waals surface area contributed by atoms with E-state index >= 15 is 0 Å². The van der Waals surface area contributed by atoms with Gasteiger partial charge in [0.15, 0.2) is 5.82 Å². The lowest BCUT2D eigenvalue weighted by Crippen LogP contribution is -2.14. The molecule has 1 heterocycles. The molecule has 0 aliphatic rings. The summed E-state index contributed by atoms with van der Waals surface area (Å²) in [6.07, 6.45) is 2.37. The number of hydrogen-bond donors (Lipinski definition) is 3. The zero-order chi connectivity index (χ0) is 14.5. The largest absolute Gasteiger partial charge is 0.322 e. The van der Waals surface area contributed by atoms with Crippen molar-refractivity contribution in [2.24, 2.45) is 5.84 Å². The summed E-state index contributed by atoms with van der Waals surface area (Å²) >= 11 is 5.93. The molecule has 6 heteroatoms. The van der Waals surface area contributed by atoms with Crippen LogP contribution in [-0.4, -0.2) is 10.9 Å². The molecule has 1 aromatic heterocycles. The SMILES string of the molecule is CCc1ccc(NC(=O)c2cnc(NN)c(Cl)c2)cc1. The van der Waals surface area contributed by atoms with E-state index in [0.29, 0.717) is 16.4 Å². The summed E-state index contributed by atoms with van der Waals surface area (Å²) in [5.41, 5.74) is 4.66. The van der Waals surface area contributed by atoms with Crippen molar-refractivity contribution in [1.29, 1.82) is 0 Å². The Morgan fingerprint density at radius 3 is 2.60 bits per heavy atom. The number of aryl methyl sites for hydroxylation is 1. The number of carbonyl (C=O) groups excluding carboxylic acids is 1. The van der Waals surface area contributed by atoms with Crippen LogP contribution in [0.4, 0.5) is 11.5 Å². The van der Waals surface area contributed by atoms with Gasteiger partial charge < -0.3 is 10.7 Å². The molecular formula is C14H15ClN4O. The fourth-order valence-corrected chi connectivity index (χ4v) is 1.92. The predicted molar refractivity (Wildman–Crippen MR) is 80.8 cm³/mol. The quantitative estimate of drug-likeness (QED) is 0.597. The summed E-state index contributed by atoms with van der Waals surface area (Å²) in [6, 6.07) is 9.19. The number of halogens is 1. The Hall–Kier alpha value is -2.11. The first-order valence-corrected chi connectivity index (χ1v) is 6.54. The first kappa shape index (κ1) is 14.3. The maximum atomic E-state index is 12.1. The monoisotopic (exact) mass is 290 g/mol. The normalized spacial score (nSPS) is 10.2. The summed E-state index contributed by atoms with van der Waals surface area (Å²) < 4.78 is 0. The fraction of sp³-hybridized carbons (Fsp3) is 0.143. The number of anilines is 2. The van der Waals surface area contributed by atoms with Gasteiger partial charge in [-0.1, -0.05) is 30.7 Å². The van der Waals surface area contributed by atoms with E-state index in [1.165, 1.54) is 17.8 Å². The van der Waals surface area contributed by atoms with Crippen LogP contribution in [-0.2, 0) is 6.42 Å². The molecule has 0 atom stereocenters. The highest BCUT2D eigenvalue weighted by Gasteiger charge is 2.09. The van der Waals surface area contributed by atoms with Crippen molar-refractivity contribution in [3.8, 4) is 0 Å². The molecule has 2 rings (SSSR count). The summed E-state index contributed by atoms with van der Waals surface area (Å²) in [6.45, 7) is 2.08. The maximum Gasteiger partial charge on any atom is 0.257 e. The second-order valence-electron chi connectivity index (χ2n) is 4.20. The molecule has 104 valence electrons. The zero-order valence-electron chi connectivity index (χ0n) is 11.0. The summed E-state index contributed by atoms with van der Waals surface area (Å²) in [7, 11) is 0. The van der Waals surface area contributed by atoms with E-state index in [1.807, 2.05) is 24.3 Å². The van der Waals surface area contributed by atoms with Crippen molar-refractivity contribution < 1.29 is 4.79 Å². The molecule has 0 saturated carbocycles. The van der Waals surface area contributed by atoms with E-state index < -0.39 is 0 Å². The van der Waals surface area contributed by atoms with E-state index in [4.69, 9.17) is 17.4 Å². The van der Waals surface area contributed by atoms with E-state index in [2.05, 4.69) is 22.7 Å². The molecule has 20 heavy (non-hydrogen) atoms. The first-order chi connectivity index (χ1) is 9.63. The first-order valence-electron chi connectivity index (χ1n) is 6.16. The van der Waals surface area contributed by atoms with Gasteiger partial charge >= 0.3 is 0 Å². The Labute approximate surface area is 122 Å². The van der Waals surface area contributed by atoms with Crippen molar-refractivity contribution in [2.75, 3.05) is 10.7 Å². The van der Waals surface area contributed by atoms with Gasteiger partial charge in [0.05, 0.1) is 10.6 Å². The van der Waals surface area contributed by atoms with Crippen LogP contribution in [0.25, 0.3) is 0 Å². The average molecular weight is 291 g/mol. The van der Waals surface area contributed by atoms with Gasteiger partial charge in [-0.05, 0) is 30.2 Å². The van der Waals surface area contributed by atoms with Crippen LogP contribution in [0.1, 0.15) is 22.8 Å². The summed E-state index contributed by atoms with van der Waals surface area (Å²) in [4.78, 5) is 16.0. The number of amides is 1. The molecular weight excluding hydrogens is 276 g/mol. The third-order valence-corrected chi connectivity index (χ3v) is 3.15. The van der Waals surface area contributed by atoms with Crippen LogP contribution in [0.15, 0.2) is 36.5 Å². The smallest absolute Gasteiger partial charge is 0.257 e. The van der Waals surface area contributed by atoms with Gasteiger partial charge in [-0.25, -0.2) is 10.8 Å². The number of nitrogens with zero attached hydrogens (tertiary/aromatic N) is 1. The van der Waals surface area contributed by atoms with Crippen LogP contribution in [0.3, 0.4) is 0 Å². The van der Waals surface area contributed by atoms with Gasteiger partial charge in [-0.15, -0.1) is 0 Å². The van der Waals surface area contributed by atoms with Crippen molar-refractivity contribution in [1.82, 2.24) is 4.98 Å². The highest BCUT2D eigenvalue weighted by molar-refractivity contribution is 6.33. The molecule has 0 unspecified atom stereocenters. The van der Waals surface area contributed by atoms with Crippen molar-refractivity contribution in [2.45, 2.75) is 13.3 Å². The van der Waals surface area contributed by atoms with Crippen LogP contribution >= 0.6 is 11.6 Å². The van der Waals surface area contributed by atoms with Crippen LogP contribution in [0.5, 0.6) is 0 Å². The van der Waals surface area contributed by atoms with E-state index in [9.17, 15) is 4.79 Å². The molecule has 1 aromatic carbocycles. The Kier molecular flexibility index (Phi) is 4.55. The number of nitrogens with two attached hydrogens (primary N) is 1. The Morgan fingerprint density at radius 2 is 2.05 bits per heavy atom. The third-order valence-electron chi connectivity index (χ3n) is 2.86. The minimum absolute atomic E-state index is 0.271. The van der Waals surface area contributed by atoms with Gasteiger partial charge in [-0.3, -0.25) is 4.79 Å². The van der Waals surface area contributed by atoms with Gasteiger partial charge in [-0.2, -0.15) is 0 Å². The molecule has 2 aromatic rings. The highest BCUT2D eigenvalue weighted by atomic mass is 35.5. The molecule has 1 amide bonds. The molecule has 0 spiro atoms. The Bertz CT molecular complexity index is 613. The number of nitrogen functional groups attached to an aromatic ring is 1. The summed E-state index contributed by atoms with van der Waals surface area (Å²) in [5, 5.41) is 3.08. The van der Waals surface area contributed by atoms with Gasteiger partial charge in [0.1, 0.15) is 0 Å². The lowest BCUT2D eigenvalue weighted by Gasteiger charge is -2.07. The van der Waals surface area contributed by atoms with Gasteiger partial charge in [0, 0.05) is 11.9 Å². The Balaban J connectivity index is 2.12. The van der Waals surface area contributed by atoms with E-state index in [0.717, 1.165) is 12.1 Å². The van der Waals surface area contributed by atoms with Crippen LogP contribution in [0.2, 0.25) is 5.02 Å². The molecule has 4 N–H and O–H groups in total. The zero-order valence-corrected chi connectivity index (χ0v) is 11.7. The minimum atomic E-state index is -0.271.